The average Bonchev–Trinajstić information content (AvgIpc) is 3.03. The predicted octanol–water partition coefficient (Wildman–Crippen LogP) is 4.86. The van der Waals surface area contributed by atoms with Crippen LogP contribution < -0.4 is 0 Å². The summed E-state index contributed by atoms with van der Waals surface area (Å²) in [6, 6.07) is 9.05. The van der Waals surface area contributed by atoms with Crippen molar-refractivity contribution in [2.45, 2.75) is 106 Å². The van der Waals surface area contributed by atoms with Crippen molar-refractivity contribution in [2.75, 3.05) is 6.61 Å². The highest BCUT2D eigenvalue weighted by molar-refractivity contribution is 5.87. The van der Waals surface area contributed by atoms with Gasteiger partial charge in [0.05, 0.1) is 6.10 Å². The smallest absolute Gasteiger partial charge is 0.331 e. The summed E-state index contributed by atoms with van der Waals surface area (Å²) in [7, 11) is 0. The number of benzene rings is 1. The van der Waals surface area contributed by atoms with Gasteiger partial charge in [-0.1, -0.05) is 44.2 Å². The van der Waals surface area contributed by atoms with Gasteiger partial charge < -0.3 is 33.5 Å². The van der Waals surface area contributed by atoms with Gasteiger partial charge in [-0.25, -0.2) is 4.79 Å². The van der Waals surface area contributed by atoms with E-state index < -0.39 is 84.3 Å². The van der Waals surface area contributed by atoms with E-state index in [-0.39, 0.29) is 29.7 Å². The number of hydrogen-bond acceptors (Lipinski definition) is 13. The van der Waals surface area contributed by atoms with E-state index in [2.05, 4.69) is 0 Å². The molecule has 1 aromatic rings. The Bertz CT molecular complexity index is 1660. The third-order valence-corrected chi connectivity index (χ3v) is 9.06. The Balaban J connectivity index is 2.36. The molecule has 52 heavy (non-hydrogen) atoms. The first-order valence-electron chi connectivity index (χ1n) is 16.9. The lowest BCUT2D eigenvalue weighted by molar-refractivity contribution is -0.156. The van der Waals surface area contributed by atoms with Crippen LogP contribution in [0.2, 0.25) is 0 Å². The zero-order valence-electron chi connectivity index (χ0n) is 31.1. The van der Waals surface area contributed by atoms with Gasteiger partial charge in [0.15, 0.2) is 11.9 Å². The lowest BCUT2D eigenvalue weighted by Crippen LogP contribution is -2.49. The van der Waals surface area contributed by atoms with Crippen LogP contribution in [-0.4, -0.2) is 78.0 Å². The van der Waals surface area contributed by atoms with E-state index in [1.165, 1.54) is 39.8 Å². The Morgan fingerprint density at radius 3 is 1.87 bits per heavy atom. The van der Waals surface area contributed by atoms with Crippen LogP contribution in [0.3, 0.4) is 0 Å². The summed E-state index contributed by atoms with van der Waals surface area (Å²) in [6.07, 6.45) is -2.16. The van der Waals surface area contributed by atoms with Crippen LogP contribution in [0.5, 0.6) is 0 Å². The molecule has 13 heteroatoms. The molecule has 2 aliphatic carbocycles. The Hall–Kier alpha value is -5.04. The molecule has 2 aliphatic rings. The molecule has 3 rings (SSSR count). The Morgan fingerprint density at radius 1 is 0.769 bits per heavy atom. The van der Waals surface area contributed by atoms with Crippen LogP contribution in [0.15, 0.2) is 70.5 Å². The Labute approximate surface area is 303 Å². The van der Waals surface area contributed by atoms with E-state index in [1.807, 2.05) is 32.0 Å². The average molecular weight is 725 g/mol. The predicted molar refractivity (Wildman–Crippen MR) is 186 cm³/mol. The van der Waals surface area contributed by atoms with Gasteiger partial charge in [0.25, 0.3) is 0 Å². The van der Waals surface area contributed by atoms with Gasteiger partial charge in [-0.05, 0) is 60.1 Å². The largest absolute Gasteiger partial charge is 0.458 e. The first-order valence-corrected chi connectivity index (χ1v) is 16.9. The number of aliphatic hydroxyl groups is 1. The molecule has 0 saturated carbocycles. The van der Waals surface area contributed by atoms with Crippen LogP contribution in [0, 0.1) is 11.3 Å². The molecule has 1 aromatic carbocycles. The minimum atomic E-state index is -1.49. The van der Waals surface area contributed by atoms with Crippen molar-refractivity contribution < 1.29 is 62.3 Å². The zero-order valence-corrected chi connectivity index (χ0v) is 31.1. The molecule has 0 heterocycles. The highest BCUT2D eigenvalue weighted by Crippen LogP contribution is 2.51. The number of carbonyl (C=O) groups is 6. The fraction of sp³-hybridized carbons (Fsp3) is 0.487. The lowest BCUT2D eigenvalue weighted by Gasteiger charge is -2.48. The molecule has 6 atom stereocenters. The number of hydrogen-bond donors (Lipinski definition) is 1. The molecule has 0 saturated heterocycles. The normalized spacial score (nSPS) is 25.8. The number of rotatable bonds is 9. The molecular weight excluding hydrogens is 676 g/mol. The van der Waals surface area contributed by atoms with Crippen molar-refractivity contribution >= 4 is 41.9 Å². The summed E-state index contributed by atoms with van der Waals surface area (Å²) in [4.78, 5) is 75.7. The molecule has 0 amide bonds. The Morgan fingerprint density at radius 2 is 1.33 bits per heavy atom. The first kappa shape index (κ1) is 41.4. The molecule has 0 aliphatic heterocycles. The highest BCUT2D eigenvalue weighted by atomic mass is 16.6. The van der Waals surface area contributed by atoms with Gasteiger partial charge in [0, 0.05) is 58.6 Å². The first-order chi connectivity index (χ1) is 24.3. The molecule has 0 spiro atoms. The van der Waals surface area contributed by atoms with E-state index >= 15 is 0 Å². The summed E-state index contributed by atoms with van der Waals surface area (Å²) in [5, 5.41) is 11.8. The number of ether oxygens (including phenoxy) is 6. The maximum absolute atomic E-state index is 12.9. The number of carbonyl (C=O) groups excluding carboxylic acids is 6. The van der Waals surface area contributed by atoms with Crippen molar-refractivity contribution in [3.8, 4) is 0 Å². The van der Waals surface area contributed by atoms with Gasteiger partial charge in [0.2, 0.25) is 0 Å². The van der Waals surface area contributed by atoms with E-state index in [4.69, 9.17) is 28.4 Å². The monoisotopic (exact) mass is 724 g/mol. The van der Waals surface area contributed by atoms with Gasteiger partial charge >= 0.3 is 35.8 Å². The van der Waals surface area contributed by atoms with Crippen LogP contribution in [0.1, 0.15) is 80.7 Å². The molecule has 1 N–H and O–H groups in total. The maximum Gasteiger partial charge on any atom is 0.331 e. The third kappa shape index (κ3) is 11.0. The van der Waals surface area contributed by atoms with Crippen LogP contribution >= 0.6 is 0 Å². The van der Waals surface area contributed by atoms with Gasteiger partial charge in [-0.3, -0.25) is 24.0 Å². The second-order valence-electron chi connectivity index (χ2n) is 13.4. The third-order valence-electron chi connectivity index (χ3n) is 9.06. The van der Waals surface area contributed by atoms with E-state index in [0.29, 0.717) is 11.1 Å². The highest BCUT2D eigenvalue weighted by Gasteiger charge is 2.51. The van der Waals surface area contributed by atoms with Crippen molar-refractivity contribution in [3.63, 3.8) is 0 Å². The second-order valence-corrected chi connectivity index (χ2v) is 13.4. The Kier molecular flexibility index (Phi) is 14.3. The van der Waals surface area contributed by atoms with Crippen LogP contribution in [-0.2, 0) is 57.2 Å². The molecule has 282 valence electrons. The summed E-state index contributed by atoms with van der Waals surface area (Å²) in [5.74, 6) is -5.19. The summed E-state index contributed by atoms with van der Waals surface area (Å²) >= 11 is 0. The molecule has 0 fully saturated rings. The van der Waals surface area contributed by atoms with E-state index in [9.17, 15) is 33.9 Å². The lowest BCUT2D eigenvalue weighted by atomic mass is 9.60. The summed E-state index contributed by atoms with van der Waals surface area (Å²) < 4.78 is 34.5. The molecule has 0 aromatic heterocycles. The minimum absolute atomic E-state index is 0.108. The molecule has 0 radical (unpaired) electrons. The van der Waals surface area contributed by atoms with Crippen molar-refractivity contribution in [1.29, 1.82) is 0 Å². The molecular formula is C39H48O13. The van der Waals surface area contributed by atoms with Gasteiger partial charge in [-0.15, -0.1) is 0 Å². The van der Waals surface area contributed by atoms with Crippen molar-refractivity contribution in [1.82, 2.24) is 0 Å². The quantitative estimate of drug-likeness (QED) is 0.158. The van der Waals surface area contributed by atoms with Gasteiger partial charge in [0.1, 0.15) is 24.9 Å². The fourth-order valence-corrected chi connectivity index (χ4v) is 6.76. The zero-order chi connectivity index (χ0) is 38.9. The van der Waals surface area contributed by atoms with Crippen molar-refractivity contribution in [3.05, 3.63) is 76.1 Å². The van der Waals surface area contributed by atoms with E-state index in [1.54, 1.807) is 25.1 Å². The minimum Gasteiger partial charge on any atom is -0.458 e. The standard InChI is InChI=1S/C39H48O13/c1-21-32(48-23(3)40)18-30-34(50-25(5)42)17-29(20-47-35(46)16-15-28-13-11-10-12-14-28)31(45)19-33(49-24(4)41)22(2)37(51-26(6)43)38(52-27(7)44)36(21)39(30,8)9/h10-17,30-34,38,45H,18-20H2,1-9H3/b16-15+,29-17+,37-22?/t30-,31-,32-,33-,34-,38+/m0/s1. The molecule has 2 bridgehead atoms. The number of aliphatic hydroxyl groups excluding tert-OH is 1. The topological polar surface area (TPSA) is 178 Å². The summed E-state index contributed by atoms with van der Waals surface area (Å²) in [5.41, 5.74) is 0.792. The van der Waals surface area contributed by atoms with Gasteiger partial charge in [-0.2, -0.15) is 0 Å². The molecule has 13 nitrogen and oxygen atoms in total. The SMILES string of the molecule is CC(=O)OC1=C(C)[C@@H](OC(C)=O)C[C@H](O)/C(COC(=O)/C=C/c2ccccc2)=C/[C@H](OC(C)=O)[C@@H]2C[C@H](OC(C)=O)C(C)=C([C@H]1OC(C)=O)C2(C)C. The maximum atomic E-state index is 12.9. The second kappa shape index (κ2) is 17.9. The van der Waals surface area contributed by atoms with E-state index in [0.717, 1.165) is 19.4 Å². The van der Waals surface area contributed by atoms with Crippen LogP contribution in [0.4, 0.5) is 0 Å². The number of esters is 6. The number of fused-ring (bicyclic) bond motifs is 2. The van der Waals surface area contributed by atoms with Crippen LogP contribution in [0.25, 0.3) is 6.08 Å². The summed E-state index contributed by atoms with van der Waals surface area (Å²) in [6.45, 7) is 12.3. The molecule has 0 unspecified atom stereocenters. The fourth-order valence-electron chi connectivity index (χ4n) is 6.76. The van der Waals surface area contributed by atoms with Crippen molar-refractivity contribution in [2.24, 2.45) is 11.3 Å².